The summed E-state index contributed by atoms with van der Waals surface area (Å²) in [5.41, 5.74) is 3.03. The van der Waals surface area contributed by atoms with Crippen LogP contribution in [-0.2, 0) is 6.54 Å². The second-order valence-corrected chi connectivity index (χ2v) is 6.31. The molecule has 0 atom stereocenters. The number of H-pyrrole nitrogens is 1. The Balaban J connectivity index is 1.76. The minimum absolute atomic E-state index is 0.185. The average molecular weight is 400 g/mol. The van der Waals surface area contributed by atoms with Crippen LogP contribution in [0.1, 0.15) is 22.8 Å². The van der Waals surface area contributed by atoms with Gasteiger partial charge in [-0.15, -0.1) is 0 Å². The number of benzene rings is 2. The monoisotopic (exact) mass is 399 g/mol. The Kier molecular flexibility index (Phi) is 5.50. The third-order valence-electron chi connectivity index (χ3n) is 3.71. The summed E-state index contributed by atoms with van der Waals surface area (Å²) >= 11 is 3.44. The maximum Gasteiger partial charge on any atom is 0.255 e. The summed E-state index contributed by atoms with van der Waals surface area (Å²) in [5.74, 6) is 0.597. The number of nitrogens with one attached hydrogen (secondary N) is 2. The van der Waals surface area contributed by atoms with Crippen LogP contribution in [0.5, 0.6) is 5.75 Å². The smallest absolute Gasteiger partial charge is 0.255 e. The molecular weight excluding hydrogens is 382 g/mol. The van der Waals surface area contributed by atoms with Gasteiger partial charge in [-0.05, 0) is 25.1 Å². The van der Waals surface area contributed by atoms with Gasteiger partial charge < -0.3 is 10.1 Å². The molecule has 6 heteroatoms. The maximum absolute atomic E-state index is 12.6. The molecular formula is C19H18BrN3O2. The van der Waals surface area contributed by atoms with Gasteiger partial charge in [0.25, 0.3) is 5.91 Å². The molecule has 0 spiro atoms. The number of carbonyl (C=O) groups is 1. The van der Waals surface area contributed by atoms with Gasteiger partial charge in [0.1, 0.15) is 5.75 Å². The molecule has 128 valence electrons. The standard InChI is InChI=1S/C19H18BrN3O2/c1-2-25-17-9-4-3-6-14(17)11-21-19(24)16-12-22-23-18(16)13-7-5-8-15(20)10-13/h3-10,12H,2,11H2,1H3,(H,21,24)(H,22,23). The zero-order valence-electron chi connectivity index (χ0n) is 13.8. The molecule has 0 unspecified atom stereocenters. The van der Waals surface area contributed by atoms with Gasteiger partial charge in [-0.1, -0.05) is 46.3 Å². The van der Waals surface area contributed by atoms with E-state index in [2.05, 4.69) is 31.4 Å². The summed E-state index contributed by atoms with van der Waals surface area (Å²) in [6, 6.07) is 15.4. The zero-order valence-corrected chi connectivity index (χ0v) is 15.3. The van der Waals surface area contributed by atoms with Gasteiger partial charge >= 0.3 is 0 Å². The third kappa shape index (κ3) is 4.09. The first kappa shape index (κ1) is 17.2. The fraction of sp³-hybridized carbons (Fsp3) is 0.158. The van der Waals surface area contributed by atoms with E-state index in [1.165, 1.54) is 0 Å². The van der Waals surface area contributed by atoms with Crippen molar-refractivity contribution in [1.29, 1.82) is 0 Å². The average Bonchev–Trinajstić information content (AvgIpc) is 3.11. The number of amides is 1. The zero-order chi connectivity index (χ0) is 17.6. The van der Waals surface area contributed by atoms with Gasteiger partial charge in [-0.2, -0.15) is 5.10 Å². The number of hydrogen-bond donors (Lipinski definition) is 2. The van der Waals surface area contributed by atoms with Crippen LogP contribution < -0.4 is 10.1 Å². The van der Waals surface area contributed by atoms with Crippen molar-refractivity contribution in [2.75, 3.05) is 6.61 Å². The maximum atomic E-state index is 12.6. The molecule has 1 aromatic heterocycles. The summed E-state index contributed by atoms with van der Waals surface area (Å²) in [5, 5.41) is 9.86. The number of para-hydroxylation sites is 1. The molecule has 0 aliphatic carbocycles. The summed E-state index contributed by atoms with van der Waals surface area (Å²) in [4.78, 5) is 12.6. The lowest BCUT2D eigenvalue weighted by atomic mass is 10.1. The number of nitrogens with zero attached hydrogens (tertiary/aromatic N) is 1. The van der Waals surface area contributed by atoms with Crippen LogP contribution in [0.15, 0.2) is 59.2 Å². The molecule has 1 heterocycles. The van der Waals surface area contributed by atoms with Crippen LogP contribution in [-0.4, -0.2) is 22.7 Å². The predicted octanol–water partition coefficient (Wildman–Crippen LogP) is 4.17. The van der Waals surface area contributed by atoms with E-state index in [0.29, 0.717) is 24.4 Å². The number of aromatic nitrogens is 2. The Bertz CT molecular complexity index is 876. The van der Waals surface area contributed by atoms with Gasteiger partial charge in [0.05, 0.1) is 24.1 Å². The van der Waals surface area contributed by atoms with E-state index in [0.717, 1.165) is 21.3 Å². The normalized spacial score (nSPS) is 10.5. The van der Waals surface area contributed by atoms with Gasteiger partial charge in [0.2, 0.25) is 0 Å². The van der Waals surface area contributed by atoms with Crippen LogP contribution in [0.4, 0.5) is 0 Å². The SMILES string of the molecule is CCOc1ccccc1CNC(=O)c1cn[nH]c1-c1cccc(Br)c1. The molecule has 0 radical (unpaired) electrons. The molecule has 5 nitrogen and oxygen atoms in total. The van der Waals surface area contributed by atoms with Crippen LogP contribution in [0, 0.1) is 0 Å². The van der Waals surface area contributed by atoms with Crippen LogP contribution in [0.3, 0.4) is 0 Å². The van der Waals surface area contributed by atoms with E-state index in [4.69, 9.17) is 4.74 Å². The van der Waals surface area contributed by atoms with Crippen molar-refractivity contribution in [3.05, 3.63) is 70.3 Å². The van der Waals surface area contributed by atoms with E-state index in [1.54, 1.807) is 6.20 Å². The van der Waals surface area contributed by atoms with Gasteiger partial charge in [-0.25, -0.2) is 0 Å². The van der Waals surface area contributed by atoms with Crippen molar-refractivity contribution in [2.24, 2.45) is 0 Å². The van der Waals surface area contributed by atoms with Crippen molar-refractivity contribution >= 4 is 21.8 Å². The van der Waals surface area contributed by atoms with Crippen molar-refractivity contribution in [3.8, 4) is 17.0 Å². The summed E-state index contributed by atoms with van der Waals surface area (Å²) in [6.07, 6.45) is 1.54. The molecule has 0 saturated heterocycles. The summed E-state index contributed by atoms with van der Waals surface area (Å²) < 4.78 is 6.53. The Morgan fingerprint density at radius 2 is 2.08 bits per heavy atom. The highest BCUT2D eigenvalue weighted by atomic mass is 79.9. The minimum Gasteiger partial charge on any atom is -0.494 e. The number of hydrogen-bond acceptors (Lipinski definition) is 3. The number of rotatable bonds is 6. The summed E-state index contributed by atoms with van der Waals surface area (Å²) in [7, 11) is 0. The highest BCUT2D eigenvalue weighted by Gasteiger charge is 2.16. The van der Waals surface area contributed by atoms with Crippen LogP contribution in [0.2, 0.25) is 0 Å². The van der Waals surface area contributed by atoms with E-state index in [-0.39, 0.29) is 5.91 Å². The Morgan fingerprint density at radius 3 is 2.88 bits per heavy atom. The Morgan fingerprint density at radius 1 is 1.24 bits per heavy atom. The van der Waals surface area contributed by atoms with E-state index < -0.39 is 0 Å². The van der Waals surface area contributed by atoms with E-state index >= 15 is 0 Å². The Hall–Kier alpha value is -2.60. The van der Waals surface area contributed by atoms with E-state index in [1.807, 2.05) is 55.5 Å². The highest BCUT2D eigenvalue weighted by Crippen LogP contribution is 2.24. The van der Waals surface area contributed by atoms with Gasteiger partial charge in [-0.3, -0.25) is 9.89 Å². The molecule has 1 amide bonds. The number of ether oxygens (including phenoxy) is 1. The second kappa shape index (κ2) is 7.98. The van der Waals surface area contributed by atoms with Crippen molar-refractivity contribution in [3.63, 3.8) is 0 Å². The van der Waals surface area contributed by atoms with Crippen LogP contribution >= 0.6 is 15.9 Å². The quantitative estimate of drug-likeness (QED) is 0.653. The summed E-state index contributed by atoms with van der Waals surface area (Å²) in [6.45, 7) is 2.91. The molecule has 0 aliphatic heterocycles. The molecule has 2 aromatic carbocycles. The van der Waals surface area contributed by atoms with Gasteiger partial charge in [0.15, 0.2) is 0 Å². The lowest BCUT2D eigenvalue weighted by molar-refractivity contribution is 0.0951. The molecule has 0 fully saturated rings. The number of halogens is 1. The van der Waals surface area contributed by atoms with E-state index in [9.17, 15) is 4.79 Å². The predicted molar refractivity (Wildman–Crippen MR) is 101 cm³/mol. The lowest BCUT2D eigenvalue weighted by Crippen LogP contribution is -2.23. The largest absolute Gasteiger partial charge is 0.494 e. The molecule has 25 heavy (non-hydrogen) atoms. The van der Waals surface area contributed by atoms with Gasteiger partial charge in [0, 0.05) is 22.1 Å². The number of aromatic amines is 1. The first-order valence-electron chi connectivity index (χ1n) is 7.97. The molecule has 0 saturated carbocycles. The first-order chi connectivity index (χ1) is 12.2. The molecule has 3 aromatic rings. The fourth-order valence-corrected chi connectivity index (χ4v) is 2.94. The molecule has 3 rings (SSSR count). The minimum atomic E-state index is -0.185. The Labute approximate surface area is 154 Å². The second-order valence-electron chi connectivity index (χ2n) is 5.39. The molecule has 2 N–H and O–H groups in total. The topological polar surface area (TPSA) is 67.0 Å². The number of carbonyl (C=O) groups excluding carboxylic acids is 1. The highest BCUT2D eigenvalue weighted by molar-refractivity contribution is 9.10. The van der Waals surface area contributed by atoms with Crippen molar-refractivity contribution in [1.82, 2.24) is 15.5 Å². The third-order valence-corrected chi connectivity index (χ3v) is 4.20. The van der Waals surface area contributed by atoms with Crippen LogP contribution in [0.25, 0.3) is 11.3 Å². The molecule has 0 bridgehead atoms. The lowest BCUT2D eigenvalue weighted by Gasteiger charge is -2.11. The van der Waals surface area contributed by atoms with Crippen molar-refractivity contribution in [2.45, 2.75) is 13.5 Å². The molecule has 0 aliphatic rings. The van der Waals surface area contributed by atoms with Crippen molar-refractivity contribution < 1.29 is 9.53 Å². The fourth-order valence-electron chi connectivity index (χ4n) is 2.54. The first-order valence-corrected chi connectivity index (χ1v) is 8.76.